The van der Waals surface area contributed by atoms with Crippen LogP contribution in [0.4, 0.5) is 0 Å². The highest BCUT2D eigenvalue weighted by molar-refractivity contribution is 5.97. The third kappa shape index (κ3) is 2.99. The number of benzene rings is 2. The number of amides is 1. The van der Waals surface area contributed by atoms with E-state index in [0.717, 1.165) is 17.5 Å². The first-order valence-corrected chi connectivity index (χ1v) is 8.91. The fraction of sp³-hybridized carbons (Fsp3) is 0.190. The molecule has 6 heteroatoms. The van der Waals surface area contributed by atoms with Gasteiger partial charge < -0.3 is 9.88 Å². The van der Waals surface area contributed by atoms with Gasteiger partial charge in [-0.2, -0.15) is 5.10 Å². The van der Waals surface area contributed by atoms with E-state index in [2.05, 4.69) is 29.5 Å². The Hall–Kier alpha value is -3.41. The van der Waals surface area contributed by atoms with Gasteiger partial charge in [0.1, 0.15) is 5.52 Å². The summed E-state index contributed by atoms with van der Waals surface area (Å²) in [7, 11) is 1.70. The molecule has 1 amide bonds. The lowest BCUT2D eigenvalue weighted by molar-refractivity contribution is 0.0951. The van der Waals surface area contributed by atoms with Gasteiger partial charge in [-0.3, -0.25) is 9.59 Å². The molecule has 136 valence electrons. The van der Waals surface area contributed by atoms with E-state index >= 15 is 0 Å². The van der Waals surface area contributed by atoms with Crippen LogP contribution in [0, 0.1) is 0 Å². The van der Waals surface area contributed by atoms with Crippen molar-refractivity contribution in [2.24, 2.45) is 7.05 Å². The van der Waals surface area contributed by atoms with Crippen LogP contribution in [0.15, 0.2) is 59.5 Å². The largest absolute Gasteiger partial charge is 0.348 e. The zero-order valence-corrected chi connectivity index (χ0v) is 15.3. The first-order chi connectivity index (χ1) is 13.1. The SMILES string of the molecule is CCc1ccc(CNC(=O)c2ccc3c(c2)n(C)c(=O)c2ccnn23)cc1. The average molecular weight is 360 g/mol. The predicted octanol–water partition coefficient (Wildman–Crippen LogP) is 2.68. The molecule has 4 aromatic rings. The standard InChI is InChI=1S/C21H20N4O2/c1-3-14-4-6-15(7-5-14)13-22-20(26)16-8-9-17-19(12-16)24(2)21(27)18-10-11-23-25(17)18/h4-12H,3,13H2,1-2H3,(H,22,26). The van der Waals surface area contributed by atoms with Crippen molar-refractivity contribution in [3.8, 4) is 0 Å². The Morgan fingerprint density at radius 3 is 2.48 bits per heavy atom. The topological polar surface area (TPSA) is 68.4 Å². The van der Waals surface area contributed by atoms with Crippen LogP contribution in [-0.4, -0.2) is 20.1 Å². The lowest BCUT2D eigenvalue weighted by Gasteiger charge is -2.10. The van der Waals surface area contributed by atoms with Gasteiger partial charge in [0.05, 0.1) is 17.2 Å². The Morgan fingerprint density at radius 1 is 1.00 bits per heavy atom. The third-order valence-electron chi connectivity index (χ3n) is 4.88. The maximum absolute atomic E-state index is 12.6. The number of aryl methyl sites for hydroxylation is 2. The molecule has 2 aromatic carbocycles. The van der Waals surface area contributed by atoms with Crippen LogP contribution in [0.5, 0.6) is 0 Å². The second-order valence-corrected chi connectivity index (χ2v) is 6.55. The van der Waals surface area contributed by atoms with E-state index in [1.165, 1.54) is 5.56 Å². The summed E-state index contributed by atoms with van der Waals surface area (Å²) in [4.78, 5) is 25.0. The van der Waals surface area contributed by atoms with E-state index in [1.807, 2.05) is 18.2 Å². The number of aromatic nitrogens is 3. The molecule has 0 saturated carbocycles. The fourth-order valence-electron chi connectivity index (χ4n) is 3.23. The lowest BCUT2D eigenvalue weighted by Crippen LogP contribution is -2.24. The van der Waals surface area contributed by atoms with Crippen molar-refractivity contribution >= 4 is 22.5 Å². The molecule has 2 aromatic heterocycles. The van der Waals surface area contributed by atoms with Gasteiger partial charge in [0, 0.05) is 19.2 Å². The summed E-state index contributed by atoms with van der Waals surface area (Å²) in [5.74, 6) is -0.176. The van der Waals surface area contributed by atoms with Crippen molar-refractivity contribution in [2.75, 3.05) is 0 Å². The van der Waals surface area contributed by atoms with E-state index in [4.69, 9.17) is 0 Å². The van der Waals surface area contributed by atoms with Gasteiger partial charge in [-0.25, -0.2) is 4.52 Å². The van der Waals surface area contributed by atoms with Gasteiger partial charge in [0.2, 0.25) is 0 Å². The van der Waals surface area contributed by atoms with Crippen molar-refractivity contribution in [3.05, 3.63) is 81.8 Å². The number of hydrogen-bond donors (Lipinski definition) is 1. The Kier molecular flexibility index (Phi) is 4.24. The predicted molar refractivity (Wildman–Crippen MR) is 105 cm³/mol. The minimum atomic E-state index is -0.176. The summed E-state index contributed by atoms with van der Waals surface area (Å²) in [6.07, 6.45) is 2.59. The molecule has 6 nitrogen and oxygen atoms in total. The van der Waals surface area contributed by atoms with Crippen LogP contribution in [0.1, 0.15) is 28.4 Å². The zero-order valence-electron chi connectivity index (χ0n) is 15.3. The van der Waals surface area contributed by atoms with E-state index in [1.54, 1.807) is 40.5 Å². The molecule has 0 aliphatic rings. The number of hydrogen-bond acceptors (Lipinski definition) is 3. The first-order valence-electron chi connectivity index (χ1n) is 8.91. The minimum absolute atomic E-state index is 0.145. The van der Waals surface area contributed by atoms with E-state index in [9.17, 15) is 9.59 Å². The van der Waals surface area contributed by atoms with Crippen LogP contribution in [0.3, 0.4) is 0 Å². The fourth-order valence-corrected chi connectivity index (χ4v) is 3.23. The molecule has 0 fully saturated rings. The van der Waals surface area contributed by atoms with Gasteiger partial charge in [-0.15, -0.1) is 0 Å². The average Bonchev–Trinajstić information content (AvgIpc) is 3.20. The maximum atomic E-state index is 12.6. The summed E-state index contributed by atoms with van der Waals surface area (Å²) in [6, 6.07) is 15.2. The number of nitrogens with zero attached hydrogens (tertiary/aromatic N) is 3. The summed E-state index contributed by atoms with van der Waals surface area (Å²) in [6.45, 7) is 2.57. The molecule has 2 heterocycles. The Morgan fingerprint density at radius 2 is 1.74 bits per heavy atom. The smallest absolute Gasteiger partial charge is 0.276 e. The third-order valence-corrected chi connectivity index (χ3v) is 4.88. The van der Waals surface area contributed by atoms with Gasteiger partial charge in [-0.05, 0) is 41.8 Å². The summed E-state index contributed by atoms with van der Waals surface area (Å²) >= 11 is 0. The molecule has 1 N–H and O–H groups in total. The second-order valence-electron chi connectivity index (χ2n) is 6.55. The van der Waals surface area contributed by atoms with Crippen molar-refractivity contribution in [3.63, 3.8) is 0 Å². The summed E-state index contributed by atoms with van der Waals surface area (Å²) < 4.78 is 3.15. The number of rotatable bonds is 4. The molecule has 0 atom stereocenters. The molecule has 4 rings (SSSR count). The highest BCUT2D eigenvalue weighted by Gasteiger charge is 2.12. The molecular weight excluding hydrogens is 340 g/mol. The molecule has 0 aliphatic heterocycles. The molecule has 0 radical (unpaired) electrons. The monoisotopic (exact) mass is 360 g/mol. The first kappa shape index (κ1) is 17.0. The number of carbonyl (C=O) groups is 1. The quantitative estimate of drug-likeness (QED) is 0.608. The second kappa shape index (κ2) is 6.72. The van der Waals surface area contributed by atoms with Crippen LogP contribution in [0.25, 0.3) is 16.6 Å². The Bertz CT molecular complexity index is 1200. The van der Waals surface area contributed by atoms with Crippen molar-refractivity contribution < 1.29 is 4.79 Å². The highest BCUT2D eigenvalue weighted by atomic mass is 16.1. The molecule has 0 saturated heterocycles. The number of nitrogens with one attached hydrogen (secondary N) is 1. The van der Waals surface area contributed by atoms with Crippen LogP contribution >= 0.6 is 0 Å². The van der Waals surface area contributed by atoms with Crippen LogP contribution < -0.4 is 10.9 Å². The van der Waals surface area contributed by atoms with Gasteiger partial charge in [0.15, 0.2) is 0 Å². The number of fused-ring (bicyclic) bond motifs is 3. The normalized spacial score (nSPS) is 11.2. The zero-order chi connectivity index (χ0) is 19.0. The van der Waals surface area contributed by atoms with Crippen molar-refractivity contribution in [1.29, 1.82) is 0 Å². The van der Waals surface area contributed by atoms with E-state index in [0.29, 0.717) is 23.1 Å². The van der Waals surface area contributed by atoms with Crippen LogP contribution in [0.2, 0.25) is 0 Å². The molecule has 27 heavy (non-hydrogen) atoms. The molecule has 0 bridgehead atoms. The molecule has 0 spiro atoms. The summed E-state index contributed by atoms with van der Waals surface area (Å²) in [5.41, 5.74) is 4.64. The summed E-state index contributed by atoms with van der Waals surface area (Å²) in [5, 5.41) is 7.15. The maximum Gasteiger partial charge on any atom is 0.276 e. The van der Waals surface area contributed by atoms with E-state index < -0.39 is 0 Å². The van der Waals surface area contributed by atoms with Gasteiger partial charge in [-0.1, -0.05) is 31.2 Å². The Labute approximate surface area is 156 Å². The molecular formula is C21H20N4O2. The van der Waals surface area contributed by atoms with Crippen molar-refractivity contribution in [1.82, 2.24) is 19.5 Å². The Balaban J connectivity index is 1.63. The van der Waals surface area contributed by atoms with Gasteiger partial charge >= 0.3 is 0 Å². The highest BCUT2D eigenvalue weighted by Crippen LogP contribution is 2.16. The molecule has 0 aliphatic carbocycles. The minimum Gasteiger partial charge on any atom is -0.348 e. The van der Waals surface area contributed by atoms with Crippen molar-refractivity contribution in [2.45, 2.75) is 19.9 Å². The van der Waals surface area contributed by atoms with E-state index in [-0.39, 0.29) is 11.5 Å². The number of carbonyl (C=O) groups excluding carboxylic acids is 1. The lowest BCUT2D eigenvalue weighted by atomic mass is 10.1. The van der Waals surface area contributed by atoms with Crippen LogP contribution in [-0.2, 0) is 20.0 Å². The molecule has 0 unspecified atom stereocenters. The van der Waals surface area contributed by atoms with Gasteiger partial charge in [0.25, 0.3) is 11.5 Å².